The average Bonchev–Trinajstić information content (AvgIpc) is 2.60. The van der Waals surface area contributed by atoms with Crippen molar-refractivity contribution in [3.63, 3.8) is 0 Å². The summed E-state index contributed by atoms with van der Waals surface area (Å²) in [6.45, 7) is 4.40. The van der Waals surface area contributed by atoms with Gasteiger partial charge in [0.05, 0.1) is 6.04 Å². The van der Waals surface area contributed by atoms with E-state index in [0.29, 0.717) is 12.0 Å². The van der Waals surface area contributed by atoms with Crippen LogP contribution in [0.4, 0.5) is 0 Å². The molecule has 1 aliphatic rings. The molecule has 13 heavy (non-hydrogen) atoms. The second-order valence-electron chi connectivity index (χ2n) is 3.90. The molecule has 1 aromatic heterocycles. The molecule has 2 nitrogen and oxygen atoms in total. The Labute approximate surface area is 79.3 Å². The van der Waals surface area contributed by atoms with Crippen molar-refractivity contribution in [2.45, 2.75) is 32.7 Å². The van der Waals surface area contributed by atoms with Crippen LogP contribution >= 0.6 is 0 Å². The van der Waals surface area contributed by atoms with Gasteiger partial charge in [-0.2, -0.15) is 0 Å². The standard InChI is InChI=1S/C11H17NO/c1-4-9-6-8-5-7(2)10(12-3)11(8)13-9/h6-7,10,12H,4-5H2,1-3H3. The smallest absolute Gasteiger partial charge is 0.124 e. The Hall–Kier alpha value is -0.760. The highest BCUT2D eigenvalue weighted by Gasteiger charge is 2.31. The summed E-state index contributed by atoms with van der Waals surface area (Å²) in [6.07, 6.45) is 2.15. The van der Waals surface area contributed by atoms with Gasteiger partial charge >= 0.3 is 0 Å². The molecule has 0 spiro atoms. The van der Waals surface area contributed by atoms with Crippen LogP contribution in [0.15, 0.2) is 10.5 Å². The van der Waals surface area contributed by atoms with Gasteiger partial charge in [-0.15, -0.1) is 0 Å². The first-order valence-electron chi connectivity index (χ1n) is 5.05. The maximum absolute atomic E-state index is 5.79. The Balaban J connectivity index is 2.33. The molecule has 0 aliphatic heterocycles. The summed E-state index contributed by atoms with van der Waals surface area (Å²) in [7, 11) is 2.00. The Morgan fingerprint density at radius 1 is 1.62 bits per heavy atom. The van der Waals surface area contributed by atoms with Crippen LogP contribution in [0.2, 0.25) is 0 Å². The molecule has 0 bridgehead atoms. The molecule has 2 rings (SSSR count). The fourth-order valence-electron chi connectivity index (χ4n) is 2.24. The second-order valence-corrected chi connectivity index (χ2v) is 3.90. The Morgan fingerprint density at radius 2 is 2.38 bits per heavy atom. The molecule has 2 heteroatoms. The zero-order valence-corrected chi connectivity index (χ0v) is 8.55. The van der Waals surface area contributed by atoms with Gasteiger partial charge in [0, 0.05) is 6.42 Å². The number of nitrogens with one attached hydrogen (secondary N) is 1. The molecule has 2 atom stereocenters. The maximum atomic E-state index is 5.79. The Bertz CT molecular complexity index is 303. The molecule has 1 aliphatic carbocycles. The van der Waals surface area contributed by atoms with E-state index in [0.717, 1.165) is 18.6 Å². The van der Waals surface area contributed by atoms with Gasteiger partial charge in [-0.05, 0) is 31.0 Å². The largest absolute Gasteiger partial charge is 0.464 e. The van der Waals surface area contributed by atoms with Crippen LogP contribution in [0.3, 0.4) is 0 Å². The van der Waals surface area contributed by atoms with E-state index in [4.69, 9.17) is 4.42 Å². The SMILES string of the molecule is CCc1cc2c(o1)C(NC)C(C)C2. The zero-order chi connectivity index (χ0) is 9.42. The van der Waals surface area contributed by atoms with Crippen molar-refractivity contribution in [3.05, 3.63) is 23.2 Å². The minimum Gasteiger partial charge on any atom is -0.464 e. The van der Waals surface area contributed by atoms with Crippen molar-refractivity contribution < 1.29 is 4.42 Å². The molecule has 0 saturated carbocycles. The van der Waals surface area contributed by atoms with Crippen molar-refractivity contribution in [1.29, 1.82) is 0 Å². The van der Waals surface area contributed by atoms with Gasteiger partial charge < -0.3 is 9.73 Å². The summed E-state index contributed by atoms with van der Waals surface area (Å²) in [5, 5.41) is 3.31. The molecule has 0 amide bonds. The number of aryl methyl sites for hydroxylation is 1. The van der Waals surface area contributed by atoms with E-state index in [1.54, 1.807) is 0 Å². The van der Waals surface area contributed by atoms with E-state index in [9.17, 15) is 0 Å². The lowest BCUT2D eigenvalue weighted by Gasteiger charge is -2.13. The van der Waals surface area contributed by atoms with Gasteiger partial charge in [0.25, 0.3) is 0 Å². The van der Waals surface area contributed by atoms with Crippen LogP contribution < -0.4 is 5.32 Å². The molecule has 0 fully saturated rings. The lowest BCUT2D eigenvalue weighted by Crippen LogP contribution is -2.19. The van der Waals surface area contributed by atoms with Crippen molar-refractivity contribution >= 4 is 0 Å². The number of rotatable bonds is 2. The first kappa shape index (κ1) is 8.82. The van der Waals surface area contributed by atoms with Crippen LogP contribution in [0, 0.1) is 5.92 Å². The van der Waals surface area contributed by atoms with Crippen LogP contribution in [0.5, 0.6) is 0 Å². The van der Waals surface area contributed by atoms with Gasteiger partial charge in [0.15, 0.2) is 0 Å². The number of hydrogen-bond acceptors (Lipinski definition) is 2. The van der Waals surface area contributed by atoms with Crippen molar-refractivity contribution in [2.24, 2.45) is 5.92 Å². The normalized spacial score (nSPS) is 26.4. The lowest BCUT2D eigenvalue weighted by atomic mass is 10.1. The second kappa shape index (κ2) is 3.18. The van der Waals surface area contributed by atoms with E-state index >= 15 is 0 Å². The summed E-state index contributed by atoms with van der Waals surface area (Å²) in [5.74, 6) is 2.97. The molecule has 72 valence electrons. The quantitative estimate of drug-likeness (QED) is 0.753. The van der Waals surface area contributed by atoms with E-state index in [-0.39, 0.29) is 0 Å². The molecular formula is C11H17NO. The lowest BCUT2D eigenvalue weighted by molar-refractivity contribution is 0.362. The summed E-state index contributed by atoms with van der Waals surface area (Å²) in [6, 6.07) is 2.64. The molecule has 1 heterocycles. The summed E-state index contributed by atoms with van der Waals surface area (Å²) in [4.78, 5) is 0. The third kappa shape index (κ3) is 1.29. The topological polar surface area (TPSA) is 25.2 Å². The molecule has 2 unspecified atom stereocenters. The molecule has 0 aromatic carbocycles. The number of hydrogen-bond donors (Lipinski definition) is 1. The highest BCUT2D eigenvalue weighted by atomic mass is 16.3. The predicted molar refractivity (Wildman–Crippen MR) is 52.8 cm³/mol. The Morgan fingerprint density at radius 3 is 3.00 bits per heavy atom. The predicted octanol–water partition coefficient (Wildman–Crippen LogP) is 2.29. The van der Waals surface area contributed by atoms with Crippen LogP contribution in [0.1, 0.15) is 37.0 Å². The van der Waals surface area contributed by atoms with Crippen LogP contribution in [0.25, 0.3) is 0 Å². The number of fused-ring (bicyclic) bond motifs is 1. The monoisotopic (exact) mass is 179 g/mol. The van der Waals surface area contributed by atoms with Crippen LogP contribution in [-0.2, 0) is 12.8 Å². The van der Waals surface area contributed by atoms with Gasteiger partial charge in [-0.3, -0.25) is 0 Å². The van der Waals surface area contributed by atoms with E-state index < -0.39 is 0 Å². The third-order valence-corrected chi connectivity index (χ3v) is 2.95. The molecule has 0 saturated heterocycles. The molecular weight excluding hydrogens is 162 g/mol. The van der Waals surface area contributed by atoms with Crippen LogP contribution in [-0.4, -0.2) is 7.05 Å². The average molecular weight is 179 g/mol. The minimum atomic E-state index is 0.426. The van der Waals surface area contributed by atoms with Crippen molar-refractivity contribution in [2.75, 3.05) is 7.05 Å². The van der Waals surface area contributed by atoms with Gasteiger partial charge in [0.2, 0.25) is 0 Å². The zero-order valence-electron chi connectivity index (χ0n) is 8.55. The summed E-state index contributed by atoms with van der Waals surface area (Å²) in [5.41, 5.74) is 1.41. The highest BCUT2D eigenvalue weighted by molar-refractivity contribution is 5.30. The maximum Gasteiger partial charge on any atom is 0.124 e. The summed E-state index contributed by atoms with van der Waals surface area (Å²) >= 11 is 0. The molecule has 0 radical (unpaired) electrons. The first-order valence-corrected chi connectivity index (χ1v) is 5.05. The van der Waals surface area contributed by atoms with Crippen molar-refractivity contribution in [3.8, 4) is 0 Å². The Kier molecular flexibility index (Phi) is 2.16. The third-order valence-electron chi connectivity index (χ3n) is 2.95. The highest BCUT2D eigenvalue weighted by Crippen LogP contribution is 2.37. The van der Waals surface area contributed by atoms with Gasteiger partial charge in [0.1, 0.15) is 11.5 Å². The van der Waals surface area contributed by atoms with Crippen molar-refractivity contribution in [1.82, 2.24) is 5.32 Å². The number of furan rings is 1. The van der Waals surface area contributed by atoms with Gasteiger partial charge in [-0.1, -0.05) is 13.8 Å². The van der Waals surface area contributed by atoms with E-state index in [2.05, 4.69) is 25.2 Å². The van der Waals surface area contributed by atoms with E-state index in [1.807, 2.05) is 7.05 Å². The van der Waals surface area contributed by atoms with Gasteiger partial charge in [-0.25, -0.2) is 0 Å². The fourth-order valence-corrected chi connectivity index (χ4v) is 2.24. The van der Waals surface area contributed by atoms with E-state index in [1.165, 1.54) is 11.3 Å². The fraction of sp³-hybridized carbons (Fsp3) is 0.636. The summed E-state index contributed by atoms with van der Waals surface area (Å²) < 4.78 is 5.79. The molecule has 1 aromatic rings. The molecule has 1 N–H and O–H groups in total. The first-order chi connectivity index (χ1) is 6.26. The minimum absolute atomic E-state index is 0.426.